The number of hydrogen-bond donors (Lipinski definition) is 1. The zero-order valence-corrected chi connectivity index (χ0v) is 22.7. The predicted octanol–water partition coefficient (Wildman–Crippen LogP) is 5.95. The lowest BCUT2D eigenvalue weighted by atomic mass is 9.93. The summed E-state index contributed by atoms with van der Waals surface area (Å²) >= 11 is 13.4. The molecular formula is C30H31Cl2N3O3. The van der Waals surface area contributed by atoms with Gasteiger partial charge in [-0.3, -0.25) is 9.59 Å². The largest absolute Gasteiger partial charge is 0.619 e. The third-order valence-electron chi connectivity index (χ3n) is 7.76. The fraction of sp³-hybridized carbons (Fsp3) is 0.367. The fourth-order valence-electron chi connectivity index (χ4n) is 5.58. The summed E-state index contributed by atoms with van der Waals surface area (Å²) in [5, 5.41) is 15.1. The van der Waals surface area contributed by atoms with E-state index in [-0.39, 0.29) is 17.7 Å². The number of nitrogens with zero attached hydrogens (tertiary/aromatic N) is 2. The van der Waals surface area contributed by atoms with Gasteiger partial charge in [0.2, 0.25) is 5.91 Å². The first-order chi connectivity index (χ1) is 18.4. The molecule has 0 radical (unpaired) electrons. The summed E-state index contributed by atoms with van der Waals surface area (Å²) in [7, 11) is 0. The molecular weight excluding hydrogens is 521 g/mol. The molecule has 3 aromatic rings. The number of benzene rings is 2. The highest BCUT2D eigenvalue weighted by Gasteiger charge is 2.36. The molecule has 1 saturated carbocycles. The molecule has 6 nitrogen and oxygen atoms in total. The van der Waals surface area contributed by atoms with Crippen LogP contribution in [0.1, 0.15) is 60.0 Å². The van der Waals surface area contributed by atoms with Gasteiger partial charge in [0.1, 0.15) is 0 Å². The number of carbonyl (C=O) groups is 2. The van der Waals surface area contributed by atoms with Crippen LogP contribution in [0.2, 0.25) is 10.0 Å². The van der Waals surface area contributed by atoms with Crippen LogP contribution in [0.15, 0.2) is 60.9 Å². The Bertz CT molecular complexity index is 1280. The van der Waals surface area contributed by atoms with Crippen molar-refractivity contribution in [3.8, 4) is 11.1 Å². The number of halogens is 2. The minimum atomic E-state index is -0.203. The standard InChI is InChI=1S/C30H31Cl2N3O3/c31-27-17-24(21-6-8-22(9-7-21)29(36)33-19-20-10-13-34(38)14-11-20)18-28(32)26(27)16-23-12-15-35(30(23)37)25-4-2-1-3-5-25/h6-11,13-14,17-18,23,25H,1-5,12,15-16,19H2,(H,33,36). The van der Waals surface area contributed by atoms with Crippen molar-refractivity contribution in [2.75, 3.05) is 6.54 Å². The van der Waals surface area contributed by atoms with E-state index < -0.39 is 0 Å². The Balaban J connectivity index is 1.23. The van der Waals surface area contributed by atoms with Crippen molar-refractivity contribution in [2.45, 2.75) is 57.5 Å². The second-order valence-corrected chi connectivity index (χ2v) is 11.1. The van der Waals surface area contributed by atoms with Crippen LogP contribution in [0, 0.1) is 11.1 Å². The average molecular weight is 553 g/mol. The maximum absolute atomic E-state index is 13.1. The smallest absolute Gasteiger partial charge is 0.251 e. The first kappa shape index (κ1) is 26.5. The van der Waals surface area contributed by atoms with Crippen LogP contribution in [-0.2, 0) is 17.8 Å². The van der Waals surface area contributed by atoms with Crippen molar-refractivity contribution in [3.63, 3.8) is 0 Å². The van der Waals surface area contributed by atoms with Gasteiger partial charge in [0, 0.05) is 52.8 Å². The zero-order chi connectivity index (χ0) is 26.6. The number of hydrogen-bond acceptors (Lipinski definition) is 3. The summed E-state index contributed by atoms with van der Waals surface area (Å²) in [4.78, 5) is 27.8. The highest BCUT2D eigenvalue weighted by atomic mass is 35.5. The Hall–Kier alpha value is -3.09. The molecule has 1 aliphatic carbocycles. The van der Waals surface area contributed by atoms with E-state index in [0.29, 0.717) is 39.3 Å². The molecule has 2 heterocycles. The van der Waals surface area contributed by atoms with Crippen LogP contribution in [0.5, 0.6) is 0 Å². The first-order valence-electron chi connectivity index (χ1n) is 13.2. The molecule has 198 valence electrons. The van der Waals surface area contributed by atoms with Gasteiger partial charge in [0.15, 0.2) is 12.4 Å². The van der Waals surface area contributed by atoms with E-state index in [9.17, 15) is 14.8 Å². The molecule has 0 bridgehead atoms. The molecule has 5 rings (SSSR count). The lowest BCUT2D eigenvalue weighted by Gasteiger charge is -2.31. The van der Waals surface area contributed by atoms with E-state index in [1.807, 2.05) is 24.3 Å². The number of likely N-dealkylation sites (tertiary alicyclic amines) is 1. The van der Waals surface area contributed by atoms with Gasteiger partial charge in [-0.05, 0) is 72.2 Å². The van der Waals surface area contributed by atoms with Crippen molar-refractivity contribution < 1.29 is 14.3 Å². The second kappa shape index (κ2) is 11.7. The molecule has 1 atom stereocenters. The molecule has 1 saturated heterocycles. The second-order valence-electron chi connectivity index (χ2n) is 10.3. The van der Waals surface area contributed by atoms with Gasteiger partial charge >= 0.3 is 0 Å². The SMILES string of the molecule is O=C(NCc1cc[n+]([O-])cc1)c1ccc(-c2cc(Cl)c(CC3CCN(C4CCCCC4)C3=O)c(Cl)c2)cc1. The highest BCUT2D eigenvalue weighted by Crippen LogP contribution is 2.36. The molecule has 2 fully saturated rings. The zero-order valence-electron chi connectivity index (χ0n) is 21.2. The van der Waals surface area contributed by atoms with Crippen molar-refractivity contribution in [2.24, 2.45) is 5.92 Å². The molecule has 1 unspecified atom stereocenters. The molecule has 1 N–H and O–H groups in total. The van der Waals surface area contributed by atoms with Crippen LogP contribution < -0.4 is 10.0 Å². The average Bonchev–Trinajstić information content (AvgIpc) is 3.30. The summed E-state index contributed by atoms with van der Waals surface area (Å²) in [5.74, 6) is -0.0406. The van der Waals surface area contributed by atoms with Crippen LogP contribution in [0.25, 0.3) is 11.1 Å². The molecule has 2 aliphatic rings. The lowest BCUT2D eigenvalue weighted by Crippen LogP contribution is -2.39. The van der Waals surface area contributed by atoms with Crippen LogP contribution in [0.3, 0.4) is 0 Å². The van der Waals surface area contributed by atoms with Crippen LogP contribution in [0.4, 0.5) is 0 Å². The molecule has 1 aromatic heterocycles. The summed E-state index contributed by atoms with van der Waals surface area (Å²) in [5.41, 5.74) is 3.93. The van der Waals surface area contributed by atoms with Gasteiger partial charge < -0.3 is 15.4 Å². The van der Waals surface area contributed by atoms with Gasteiger partial charge in [-0.15, -0.1) is 0 Å². The minimum absolute atomic E-state index is 0.0763. The third-order valence-corrected chi connectivity index (χ3v) is 8.44. The Morgan fingerprint density at radius 3 is 2.26 bits per heavy atom. The highest BCUT2D eigenvalue weighted by molar-refractivity contribution is 6.36. The minimum Gasteiger partial charge on any atom is -0.619 e. The van der Waals surface area contributed by atoms with E-state index in [2.05, 4.69) is 10.2 Å². The Morgan fingerprint density at radius 1 is 0.947 bits per heavy atom. The van der Waals surface area contributed by atoms with Crippen molar-refractivity contribution in [1.29, 1.82) is 0 Å². The number of amides is 2. The van der Waals surface area contributed by atoms with Crippen LogP contribution >= 0.6 is 23.2 Å². The molecule has 2 aromatic carbocycles. The topological polar surface area (TPSA) is 76.4 Å². The van der Waals surface area contributed by atoms with Gasteiger partial charge in [-0.25, -0.2) is 0 Å². The Kier molecular flexibility index (Phi) is 8.20. The third kappa shape index (κ3) is 5.97. The molecule has 1 aliphatic heterocycles. The van der Waals surface area contributed by atoms with E-state index >= 15 is 0 Å². The summed E-state index contributed by atoms with van der Waals surface area (Å²) < 4.78 is 0.703. The molecule has 8 heteroatoms. The number of carbonyl (C=O) groups excluding carboxylic acids is 2. The van der Waals surface area contributed by atoms with E-state index in [1.54, 1.807) is 24.3 Å². The molecule has 0 spiro atoms. The predicted molar refractivity (Wildman–Crippen MR) is 149 cm³/mol. The number of rotatable bonds is 7. The number of pyridine rings is 1. The van der Waals surface area contributed by atoms with Gasteiger partial charge in [-0.1, -0.05) is 54.6 Å². The van der Waals surface area contributed by atoms with E-state index in [0.717, 1.165) is 48.1 Å². The number of aromatic nitrogens is 1. The number of nitrogens with one attached hydrogen (secondary N) is 1. The normalized spacial score (nSPS) is 18.1. The van der Waals surface area contributed by atoms with Crippen molar-refractivity contribution in [1.82, 2.24) is 10.2 Å². The van der Waals surface area contributed by atoms with Gasteiger partial charge in [-0.2, -0.15) is 4.73 Å². The molecule has 2 amide bonds. The summed E-state index contributed by atoms with van der Waals surface area (Å²) in [6.07, 6.45) is 10.1. The quantitative estimate of drug-likeness (QED) is 0.291. The van der Waals surface area contributed by atoms with Gasteiger partial charge in [0.25, 0.3) is 5.91 Å². The fourth-order valence-corrected chi connectivity index (χ4v) is 6.22. The monoisotopic (exact) mass is 551 g/mol. The lowest BCUT2D eigenvalue weighted by molar-refractivity contribution is -0.605. The van der Waals surface area contributed by atoms with E-state index in [1.165, 1.54) is 31.7 Å². The summed E-state index contributed by atoms with van der Waals surface area (Å²) in [6, 6.07) is 14.7. The first-order valence-corrected chi connectivity index (χ1v) is 14.0. The van der Waals surface area contributed by atoms with Crippen LogP contribution in [-0.4, -0.2) is 29.3 Å². The maximum Gasteiger partial charge on any atom is 0.251 e. The maximum atomic E-state index is 13.1. The Labute approximate surface area is 233 Å². The van der Waals surface area contributed by atoms with Crippen molar-refractivity contribution >= 4 is 35.0 Å². The van der Waals surface area contributed by atoms with Crippen molar-refractivity contribution in [3.05, 3.63) is 92.9 Å². The van der Waals surface area contributed by atoms with E-state index in [4.69, 9.17) is 23.2 Å². The molecule has 38 heavy (non-hydrogen) atoms. The summed E-state index contributed by atoms with van der Waals surface area (Å²) in [6.45, 7) is 1.16. The Morgan fingerprint density at radius 2 is 1.61 bits per heavy atom. The van der Waals surface area contributed by atoms with Gasteiger partial charge in [0.05, 0.1) is 0 Å².